The number of nitro benzene ring substituents is 1. The molecule has 0 aliphatic carbocycles. The van der Waals surface area contributed by atoms with Gasteiger partial charge >= 0.3 is 0 Å². The summed E-state index contributed by atoms with van der Waals surface area (Å²) in [7, 11) is 0. The number of halogens is 1. The molecule has 0 bridgehead atoms. The lowest BCUT2D eigenvalue weighted by atomic mass is 10.1. The van der Waals surface area contributed by atoms with Gasteiger partial charge in [-0.3, -0.25) is 14.9 Å². The van der Waals surface area contributed by atoms with Gasteiger partial charge in [-0.2, -0.15) is 0 Å². The molecule has 0 saturated carbocycles. The lowest BCUT2D eigenvalue weighted by molar-refractivity contribution is -0.384. The zero-order chi connectivity index (χ0) is 13.7. The summed E-state index contributed by atoms with van der Waals surface area (Å²) in [6, 6.07) is 2.90. The van der Waals surface area contributed by atoms with Crippen molar-refractivity contribution in [2.75, 3.05) is 6.54 Å². The van der Waals surface area contributed by atoms with Gasteiger partial charge in [-0.1, -0.05) is 20.3 Å². The van der Waals surface area contributed by atoms with E-state index in [4.69, 9.17) is 0 Å². The highest BCUT2D eigenvalue weighted by atomic mass is 19.1. The number of non-ortho nitro benzene ring substituents is 1. The first-order chi connectivity index (χ1) is 8.45. The van der Waals surface area contributed by atoms with Gasteiger partial charge in [-0.25, -0.2) is 4.39 Å². The van der Waals surface area contributed by atoms with E-state index in [9.17, 15) is 19.3 Å². The third-order valence-electron chi connectivity index (χ3n) is 2.71. The lowest BCUT2D eigenvalue weighted by Crippen LogP contribution is -2.28. The third kappa shape index (κ3) is 3.51. The lowest BCUT2D eigenvalue weighted by Gasteiger charge is -2.10. The molecule has 1 aromatic carbocycles. The molecule has 1 aromatic rings. The van der Waals surface area contributed by atoms with Crippen molar-refractivity contribution in [1.82, 2.24) is 5.32 Å². The summed E-state index contributed by atoms with van der Waals surface area (Å²) in [6.07, 6.45) is 0.887. The van der Waals surface area contributed by atoms with Crippen molar-refractivity contribution < 1.29 is 14.1 Å². The fourth-order valence-electron chi connectivity index (χ4n) is 1.31. The number of hydrogen-bond acceptors (Lipinski definition) is 3. The molecule has 0 spiro atoms. The summed E-state index contributed by atoms with van der Waals surface area (Å²) >= 11 is 0. The molecule has 1 atom stereocenters. The second kappa shape index (κ2) is 6.09. The molecule has 1 unspecified atom stereocenters. The monoisotopic (exact) mass is 254 g/mol. The number of hydrogen-bond donors (Lipinski definition) is 1. The predicted molar refractivity (Wildman–Crippen MR) is 64.8 cm³/mol. The average molecular weight is 254 g/mol. The van der Waals surface area contributed by atoms with Crippen molar-refractivity contribution in [2.45, 2.75) is 20.3 Å². The van der Waals surface area contributed by atoms with Crippen molar-refractivity contribution in [3.63, 3.8) is 0 Å². The first kappa shape index (κ1) is 14.1. The molecule has 18 heavy (non-hydrogen) atoms. The van der Waals surface area contributed by atoms with Crippen LogP contribution in [0.25, 0.3) is 0 Å². The van der Waals surface area contributed by atoms with Crippen LogP contribution in [0, 0.1) is 21.8 Å². The van der Waals surface area contributed by atoms with Crippen LogP contribution in [-0.4, -0.2) is 17.4 Å². The Balaban J connectivity index is 2.84. The van der Waals surface area contributed by atoms with Crippen LogP contribution in [0.2, 0.25) is 0 Å². The van der Waals surface area contributed by atoms with Gasteiger partial charge in [-0.05, 0) is 12.0 Å². The van der Waals surface area contributed by atoms with Crippen LogP contribution >= 0.6 is 0 Å². The Bertz CT molecular complexity index is 463. The highest BCUT2D eigenvalue weighted by molar-refractivity contribution is 5.95. The van der Waals surface area contributed by atoms with E-state index in [1.165, 1.54) is 0 Å². The molecule has 1 N–H and O–H groups in total. The normalized spacial score (nSPS) is 11.9. The minimum atomic E-state index is -0.762. The Morgan fingerprint density at radius 3 is 2.78 bits per heavy atom. The SMILES string of the molecule is CCC(C)CNC(=O)c1cc([N+](=O)[O-])ccc1F. The summed E-state index contributed by atoms with van der Waals surface area (Å²) in [5.41, 5.74) is -0.599. The van der Waals surface area contributed by atoms with E-state index in [1.807, 2.05) is 13.8 Å². The van der Waals surface area contributed by atoms with Gasteiger partial charge in [-0.15, -0.1) is 0 Å². The fourth-order valence-corrected chi connectivity index (χ4v) is 1.31. The fraction of sp³-hybridized carbons (Fsp3) is 0.417. The summed E-state index contributed by atoms with van der Waals surface area (Å²) in [5.74, 6) is -1.12. The maximum atomic E-state index is 13.4. The Labute approximate surface area is 104 Å². The van der Waals surface area contributed by atoms with Crippen LogP contribution in [0.3, 0.4) is 0 Å². The van der Waals surface area contributed by atoms with E-state index < -0.39 is 16.6 Å². The topological polar surface area (TPSA) is 72.2 Å². The standard InChI is InChI=1S/C12H15FN2O3/c1-3-8(2)7-14-12(16)10-6-9(15(17)18)4-5-11(10)13/h4-6,8H,3,7H2,1-2H3,(H,14,16). The Morgan fingerprint density at radius 1 is 1.56 bits per heavy atom. The molecule has 0 heterocycles. The summed E-state index contributed by atoms with van der Waals surface area (Å²) in [6.45, 7) is 4.34. The molecule has 6 heteroatoms. The van der Waals surface area contributed by atoms with Gasteiger partial charge < -0.3 is 5.32 Å². The largest absolute Gasteiger partial charge is 0.352 e. The van der Waals surface area contributed by atoms with Gasteiger partial charge in [0.2, 0.25) is 0 Å². The average Bonchev–Trinajstić information content (AvgIpc) is 2.35. The molecule has 0 aliphatic heterocycles. The number of rotatable bonds is 5. The first-order valence-electron chi connectivity index (χ1n) is 5.67. The first-order valence-corrected chi connectivity index (χ1v) is 5.67. The van der Waals surface area contributed by atoms with Crippen LogP contribution in [-0.2, 0) is 0 Å². The molecule has 98 valence electrons. The molecule has 0 fully saturated rings. The molecule has 0 aliphatic rings. The number of nitrogens with zero attached hydrogens (tertiary/aromatic N) is 1. The molecule has 0 radical (unpaired) electrons. The number of benzene rings is 1. The molecular weight excluding hydrogens is 239 g/mol. The number of nitro groups is 1. The van der Waals surface area contributed by atoms with Gasteiger partial charge in [0.15, 0.2) is 0 Å². The maximum absolute atomic E-state index is 13.4. The van der Waals surface area contributed by atoms with Crippen molar-refractivity contribution in [1.29, 1.82) is 0 Å². The van der Waals surface area contributed by atoms with Crippen LogP contribution < -0.4 is 5.32 Å². The molecule has 0 saturated heterocycles. The Morgan fingerprint density at radius 2 is 2.22 bits per heavy atom. The van der Waals surface area contributed by atoms with Crippen LogP contribution in [0.15, 0.2) is 18.2 Å². The van der Waals surface area contributed by atoms with E-state index in [2.05, 4.69) is 5.32 Å². The van der Waals surface area contributed by atoms with Gasteiger partial charge in [0.05, 0.1) is 10.5 Å². The van der Waals surface area contributed by atoms with Crippen LogP contribution in [0.5, 0.6) is 0 Å². The Hall–Kier alpha value is -1.98. The van der Waals surface area contributed by atoms with Crippen LogP contribution in [0.4, 0.5) is 10.1 Å². The second-order valence-corrected chi connectivity index (χ2v) is 4.14. The zero-order valence-corrected chi connectivity index (χ0v) is 10.3. The number of carbonyl (C=O) groups is 1. The van der Waals surface area contributed by atoms with E-state index in [-0.39, 0.29) is 17.2 Å². The van der Waals surface area contributed by atoms with E-state index in [0.717, 1.165) is 24.6 Å². The number of carbonyl (C=O) groups excluding carboxylic acids is 1. The summed E-state index contributed by atoms with van der Waals surface area (Å²) in [5, 5.41) is 13.1. The van der Waals surface area contributed by atoms with Gasteiger partial charge in [0.25, 0.3) is 11.6 Å². The molecule has 0 aromatic heterocycles. The smallest absolute Gasteiger partial charge is 0.270 e. The minimum Gasteiger partial charge on any atom is -0.352 e. The summed E-state index contributed by atoms with van der Waals surface area (Å²) < 4.78 is 13.4. The van der Waals surface area contributed by atoms with Crippen molar-refractivity contribution in [2.24, 2.45) is 5.92 Å². The van der Waals surface area contributed by atoms with E-state index in [0.29, 0.717) is 6.54 Å². The van der Waals surface area contributed by atoms with Crippen molar-refractivity contribution >= 4 is 11.6 Å². The zero-order valence-electron chi connectivity index (χ0n) is 10.3. The molecule has 5 nitrogen and oxygen atoms in total. The van der Waals surface area contributed by atoms with Crippen LogP contribution in [0.1, 0.15) is 30.6 Å². The predicted octanol–water partition coefficient (Wildman–Crippen LogP) is 2.51. The molecular formula is C12H15FN2O3. The van der Waals surface area contributed by atoms with Gasteiger partial charge in [0.1, 0.15) is 5.82 Å². The van der Waals surface area contributed by atoms with Gasteiger partial charge in [0, 0.05) is 18.7 Å². The minimum absolute atomic E-state index is 0.274. The number of nitrogens with one attached hydrogen (secondary N) is 1. The van der Waals surface area contributed by atoms with E-state index in [1.54, 1.807) is 0 Å². The quantitative estimate of drug-likeness (QED) is 0.648. The highest BCUT2D eigenvalue weighted by Crippen LogP contribution is 2.16. The van der Waals surface area contributed by atoms with Crippen molar-refractivity contribution in [3.05, 3.63) is 39.7 Å². The molecule has 1 rings (SSSR count). The maximum Gasteiger partial charge on any atom is 0.270 e. The third-order valence-corrected chi connectivity index (χ3v) is 2.71. The Kier molecular flexibility index (Phi) is 4.76. The summed E-state index contributed by atoms with van der Waals surface area (Å²) in [4.78, 5) is 21.6. The second-order valence-electron chi connectivity index (χ2n) is 4.14. The number of amides is 1. The molecule has 1 amide bonds. The van der Waals surface area contributed by atoms with E-state index >= 15 is 0 Å². The highest BCUT2D eigenvalue weighted by Gasteiger charge is 2.16. The van der Waals surface area contributed by atoms with Crippen molar-refractivity contribution in [3.8, 4) is 0 Å².